The number of nitrogens with zero attached hydrogens (tertiary/aromatic N) is 4. The van der Waals surface area contributed by atoms with E-state index < -0.39 is 5.97 Å². The number of aromatic nitrogens is 4. The average molecular weight is 402 g/mol. The zero-order chi connectivity index (χ0) is 21.1. The summed E-state index contributed by atoms with van der Waals surface area (Å²) in [7, 11) is 3.23. The third-order valence-corrected chi connectivity index (χ3v) is 4.60. The zero-order valence-corrected chi connectivity index (χ0v) is 16.3. The van der Waals surface area contributed by atoms with Gasteiger partial charge in [0.1, 0.15) is 17.2 Å². The van der Waals surface area contributed by atoms with Crippen molar-refractivity contribution in [3.63, 3.8) is 0 Å². The highest BCUT2D eigenvalue weighted by atomic mass is 16.5. The summed E-state index contributed by atoms with van der Waals surface area (Å²) in [5.74, 6) is 0.304. The second-order valence-electron chi connectivity index (χ2n) is 6.40. The molecular formula is C22H18N4O4. The summed E-state index contributed by atoms with van der Waals surface area (Å²) in [6.07, 6.45) is 3.11. The van der Waals surface area contributed by atoms with Crippen molar-refractivity contribution in [2.24, 2.45) is 0 Å². The van der Waals surface area contributed by atoms with Gasteiger partial charge in [-0.25, -0.2) is 14.5 Å². The van der Waals surface area contributed by atoms with Crippen LogP contribution in [0.5, 0.6) is 11.5 Å². The summed E-state index contributed by atoms with van der Waals surface area (Å²) in [5.41, 5.74) is 3.51. The maximum atomic E-state index is 11.4. The molecule has 0 saturated carbocycles. The van der Waals surface area contributed by atoms with Crippen molar-refractivity contribution in [3.05, 3.63) is 72.7 Å². The minimum Gasteiger partial charge on any atom is -0.497 e. The van der Waals surface area contributed by atoms with Gasteiger partial charge in [-0.1, -0.05) is 17.3 Å². The van der Waals surface area contributed by atoms with Crippen LogP contribution < -0.4 is 9.47 Å². The second-order valence-corrected chi connectivity index (χ2v) is 6.40. The largest absolute Gasteiger partial charge is 0.497 e. The molecule has 4 rings (SSSR count). The number of carboxylic acid groups (broad SMARTS) is 1. The minimum atomic E-state index is -1.11. The molecular weight excluding hydrogens is 384 g/mol. The highest BCUT2D eigenvalue weighted by molar-refractivity contribution is 5.93. The molecule has 0 radical (unpaired) electrons. The smallest absolute Gasteiger partial charge is 0.355 e. The molecule has 2 aromatic heterocycles. The van der Waals surface area contributed by atoms with E-state index in [-0.39, 0.29) is 5.69 Å². The van der Waals surface area contributed by atoms with Gasteiger partial charge in [0, 0.05) is 17.8 Å². The van der Waals surface area contributed by atoms with Crippen molar-refractivity contribution < 1.29 is 19.4 Å². The van der Waals surface area contributed by atoms with Crippen LogP contribution in [0.4, 0.5) is 0 Å². The van der Waals surface area contributed by atoms with E-state index in [0.29, 0.717) is 22.8 Å². The molecule has 2 heterocycles. The first-order valence-electron chi connectivity index (χ1n) is 9.04. The van der Waals surface area contributed by atoms with Crippen LogP contribution in [0.3, 0.4) is 0 Å². The summed E-state index contributed by atoms with van der Waals surface area (Å²) in [4.78, 5) is 15.3. The van der Waals surface area contributed by atoms with E-state index in [2.05, 4.69) is 15.3 Å². The maximum Gasteiger partial charge on any atom is 0.355 e. The molecule has 0 aliphatic heterocycles. The topological polar surface area (TPSA) is 99.4 Å². The van der Waals surface area contributed by atoms with Crippen LogP contribution in [-0.4, -0.2) is 45.3 Å². The molecule has 30 heavy (non-hydrogen) atoms. The Hall–Kier alpha value is -4.20. The quantitative estimate of drug-likeness (QED) is 0.525. The molecule has 8 nitrogen and oxygen atoms in total. The van der Waals surface area contributed by atoms with Gasteiger partial charge in [-0.3, -0.25) is 0 Å². The molecule has 2 aromatic carbocycles. The number of ether oxygens (including phenoxy) is 2. The second kappa shape index (κ2) is 8.04. The molecule has 4 aromatic rings. The monoisotopic (exact) mass is 402 g/mol. The van der Waals surface area contributed by atoms with E-state index in [4.69, 9.17) is 9.47 Å². The predicted molar refractivity (Wildman–Crippen MR) is 110 cm³/mol. The lowest BCUT2D eigenvalue weighted by Crippen LogP contribution is -2.02. The first-order chi connectivity index (χ1) is 14.6. The van der Waals surface area contributed by atoms with E-state index in [1.54, 1.807) is 37.2 Å². The molecule has 0 fully saturated rings. The number of benzene rings is 2. The van der Waals surface area contributed by atoms with Crippen LogP contribution in [-0.2, 0) is 0 Å². The molecule has 0 spiro atoms. The van der Waals surface area contributed by atoms with Crippen LogP contribution in [0, 0.1) is 0 Å². The summed E-state index contributed by atoms with van der Waals surface area (Å²) < 4.78 is 12.3. The predicted octanol–water partition coefficient (Wildman–Crippen LogP) is 3.71. The van der Waals surface area contributed by atoms with Crippen molar-refractivity contribution >= 4 is 5.97 Å². The number of rotatable bonds is 6. The third-order valence-electron chi connectivity index (χ3n) is 4.60. The number of carbonyl (C=O) groups is 1. The molecule has 0 unspecified atom stereocenters. The van der Waals surface area contributed by atoms with Gasteiger partial charge in [-0.05, 0) is 47.5 Å². The third kappa shape index (κ3) is 3.70. The molecule has 0 saturated heterocycles. The Kier molecular flexibility index (Phi) is 5.13. The van der Waals surface area contributed by atoms with E-state index in [1.807, 2.05) is 42.5 Å². The molecule has 8 heteroatoms. The molecule has 0 aliphatic rings. The summed E-state index contributed by atoms with van der Waals surface area (Å²) >= 11 is 0. The SMILES string of the molecule is COc1cc(OC)cc(-c2ccc(-n3cc(-c4cccnc4C(=O)O)nn3)cc2)c1. The van der Waals surface area contributed by atoms with E-state index in [9.17, 15) is 9.90 Å². The Morgan fingerprint density at radius 1 is 0.967 bits per heavy atom. The van der Waals surface area contributed by atoms with Gasteiger partial charge in [0.25, 0.3) is 0 Å². The van der Waals surface area contributed by atoms with E-state index in [0.717, 1.165) is 16.8 Å². The zero-order valence-electron chi connectivity index (χ0n) is 16.3. The number of hydrogen-bond donors (Lipinski definition) is 1. The van der Waals surface area contributed by atoms with Crippen molar-refractivity contribution in [2.75, 3.05) is 14.2 Å². The van der Waals surface area contributed by atoms with Crippen LogP contribution >= 0.6 is 0 Å². The van der Waals surface area contributed by atoms with E-state index in [1.165, 1.54) is 6.20 Å². The first-order valence-corrected chi connectivity index (χ1v) is 9.04. The van der Waals surface area contributed by atoms with Crippen LogP contribution in [0.1, 0.15) is 10.5 Å². The van der Waals surface area contributed by atoms with Crippen LogP contribution in [0.2, 0.25) is 0 Å². The summed E-state index contributed by atoms with van der Waals surface area (Å²) in [6.45, 7) is 0. The first kappa shape index (κ1) is 19.1. The fraction of sp³-hybridized carbons (Fsp3) is 0.0909. The van der Waals surface area contributed by atoms with Gasteiger partial charge in [0.05, 0.1) is 26.1 Å². The molecule has 0 atom stereocenters. The standard InChI is InChI=1S/C22H18N4O4/c1-29-17-10-15(11-18(12-17)30-2)14-5-7-16(8-6-14)26-13-20(24-25-26)19-4-3-9-23-21(19)22(27)28/h3-13H,1-2H3,(H,27,28). The lowest BCUT2D eigenvalue weighted by Gasteiger charge is -2.09. The van der Waals surface area contributed by atoms with Crippen molar-refractivity contribution in [3.8, 4) is 39.6 Å². The highest BCUT2D eigenvalue weighted by Gasteiger charge is 2.16. The van der Waals surface area contributed by atoms with Crippen molar-refractivity contribution in [1.82, 2.24) is 20.0 Å². The fourth-order valence-corrected chi connectivity index (χ4v) is 3.08. The Labute approximate surface area is 172 Å². The number of methoxy groups -OCH3 is 2. The van der Waals surface area contributed by atoms with Gasteiger partial charge in [0.2, 0.25) is 0 Å². The molecule has 0 aliphatic carbocycles. The normalized spacial score (nSPS) is 10.6. The Morgan fingerprint density at radius 2 is 1.67 bits per heavy atom. The van der Waals surface area contributed by atoms with Gasteiger partial charge in [0.15, 0.2) is 5.69 Å². The van der Waals surface area contributed by atoms with Crippen LogP contribution in [0.15, 0.2) is 67.0 Å². The number of pyridine rings is 1. The fourth-order valence-electron chi connectivity index (χ4n) is 3.08. The van der Waals surface area contributed by atoms with Gasteiger partial charge >= 0.3 is 5.97 Å². The molecule has 0 bridgehead atoms. The van der Waals surface area contributed by atoms with Gasteiger partial charge < -0.3 is 14.6 Å². The van der Waals surface area contributed by atoms with Crippen molar-refractivity contribution in [2.45, 2.75) is 0 Å². The molecule has 150 valence electrons. The maximum absolute atomic E-state index is 11.4. The lowest BCUT2D eigenvalue weighted by molar-refractivity contribution is 0.0691. The minimum absolute atomic E-state index is 0.0631. The van der Waals surface area contributed by atoms with Crippen molar-refractivity contribution in [1.29, 1.82) is 0 Å². The van der Waals surface area contributed by atoms with Crippen LogP contribution in [0.25, 0.3) is 28.1 Å². The average Bonchev–Trinajstić information content (AvgIpc) is 3.29. The highest BCUT2D eigenvalue weighted by Crippen LogP contribution is 2.30. The van der Waals surface area contributed by atoms with Gasteiger partial charge in [-0.2, -0.15) is 0 Å². The number of aromatic carboxylic acids is 1. The Morgan fingerprint density at radius 3 is 2.30 bits per heavy atom. The van der Waals surface area contributed by atoms with Gasteiger partial charge in [-0.15, -0.1) is 5.10 Å². The lowest BCUT2D eigenvalue weighted by atomic mass is 10.0. The summed E-state index contributed by atoms with van der Waals surface area (Å²) in [5, 5.41) is 17.6. The number of carboxylic acids is 1. The summed E-state index contributed by atoms with van der Waals surface area (Å²) in [6, 6.07) is 16.7. The van der Waals surface area contributed by atoms with E-state index >= 15 is 0 Å². The Balaban J connectivity index is 1.64. The number of hydrogen-bond acceptors (Lipinski definition) is 6. The Bertz CT molecular complexity index is 1180. The molecule has 0 amide bonds. The molecule has 1 N–H and O–H groups in total.